The van der Waals surface area contributed by atoms with E-state index in [0.29, 0.717) is 19.4 Å². The molecule has 0 rings (SSSR count). The maximum absolute atomic E-state index is 12.6. The number of unbranched alkanes of at least 4 members (excludes halogenated alkanes) is 20. The molecule has 0 aliphatic heterocycles. The average molecular weight is 755 g/mol. The molecule has 0 aliphatic rings. The van der Waals surface area contributed by atoms with E-state index in [2.05, 4.69) is 81.5 Å². The van der Waals surface area contributed by atoms with E-state index < -0.39 is 6.10 Å². The SMILES string of the molecule is CC/C=C\C/C=C\C/C=C\C/C=C\CCCCC(=O)OCC(COCCCCCCCC/C=C\CCCCCCCC)OC(=O)CCCCCCCCC. The average Bonchev–Trinajstić information content (AvgIpc) is 3.17. The number of allylic oxidation sites excluding steroid dienone is 10. The van der Waals surface area contributed by atoms with Gasteiger partial charge in [0.05, 0.1) is 6.61 Å². The molecule has 312 valence electrons. The van der Waals surface area contributed by atoms with Gasteiger partial charge in [-0.25, -0.2) is 0 Å². The number of hydrogen-bond donors (Lipinski definition) is 0. The van der Waals surface area contributed by atoms with Gasteiger partial charge in [-0.1, -0.05) is 178 Å². The third-order valence-corrected chi connectivity index (χ3v) is 9.54. The van der Waals surface area contributed by atoms with E-state index in [4.69, 9.17) is 14.2 Å². The van der Waals surface area contributed by atoms with Gasteiger partial charge in [-0.05, 0) is 83.5 Å². The molecule has 1 unspecified atom stereocenters. The van der Waals surface area contributed by atoms with Gasteiger partial charge in [0.1, 0.15) is 6.61 Å². The molecule has 0 saturated carbocycles. The second kappa shape index (κ2) is 45.0. The summed E-state index contributed by atoms with van der Waals surface area (Å²) in [6.45, 7) is 7.62. The number of hydrogen-bond acceptors (Lipinski definition) is 5. The second-order valence-electron chi connectivity index (χ2n) is 14.9. The summed E-state index contributed by atoms with van der Waals surface area (Å²) in [5.74, 6) is -0.454. The molecule has 0 aromatic heterocycles. The molecule has 0 N–H and O–H groups in total. The molecule has 5 heteroatoms. The van der Waals surface area contributed by atoms with Crippen LogP contribution in [0.4, 0.5) is 0 Å². The normalized spacial score (nSPS) is 12.7. The minimum atomic E-state index is -0.551. The van der Waals surface area contributed by atoms with E-state index in [9.17, 15) is 9.59 Å². The van der Waals surface area contributed by atoms with Crippen LogP contribution in [0.5, 0.6) is 0 Å². The lowest BCUT2D eigenvalue weighted by molar-refractivity contribution is -0.163. The van der Waals surface area contributed by atoms with E-state index in [0.717, 1.165) is 77.0 Å². The van der Waals surface area contributed by atoms with Gasteiger partial charge in [-0.3, -0.25) is 9.59 Å². The first kappa shape index (κ1) is 51.6. The first-order chi connectivity index (χ1) is 26.6. The Hall–Kier alpha value is -2.40. The Bertz CT molecular complexity index is 946. The molecule has 0 saturated heterocycles. The van der Waals surface area contributed by atoms with Gasteiger partial charge in [0, 0.05) is 19.4 Å². The first-order valence-electron chi connectivity index (χ1n) is 22.8. The zero-order valence-electron chi connectivity index (χ0n) is 35.7. The Labute approximate surface area is 334 Å². The molecule has 1 atom stereocenters. The summed E-state index contributed by atoms with van der Waals surface area (Å²) in [5, 5.41) is 0. The number of esters is 2. The summed E-state index contributed by atoms with van der Waals surface area (Å²) in [6.07, 6.45) is 55.2. The van der Waals surface area contributed by atoms with Gasteiger partial charge in [-0.2, -0.15) is 0 Å². The van der Waals surface area contributed by atoms with Crippen LogP contribution in [-0.2, 0) is 23.8 Å². The number of rotatable bonds is 41. The first-order valence-corrected chi connectivity index (χ1v) is 22.8. The van der Waals surface area contributed by atoms with Crippen molar-refractivity contribution in [3.8, 4) is 0 Å². The Balaban J connectivity index is 4.23. The van der Waals surface area contributed by atoms with Gasteiger partial charge in [0.15, 0.2) is 6.10 Å². The van der Waals surface area contributed by atoms with Crippen molar-refractivity contribution in [3.63, 3.8) is 0 Å². The molecule has 54 heavy (non-hydrogen) atoms. The van der Waals surface area contributed by atoms with Gasteiger partial charge in [0.25, 0.3) is 0 Å². The number of carbonyl (C=O) groups is 2. The fraction of sp³-hybridized carbons (Fsp3) is 0.755. The predicted octanol–water partition coefficient (Wildman–Crippen LogP) is 15.0. The lowest BCUT2D eigenvalue weighted by Gasteiger charge is -2.18. The molecule has 0 heterocycles. The van der Waals surface area contributed by atoms with E-state index in [1.807, 2.05) is 0 Å². The quantitative estimate of drug-likeness (QED) is 0.0353. The Morgan fingerprint density at radius 2 is 0.833 bits per heavy atom. The molecule has 0 amide bonds. The van der Waals surface area contributed by atoms with Crippen molar-refractivity contribution in [2.75, 3.05) is 19.8 Å². The maximum atomic E-state index is 12.6. The van der Waals surface area contributed by atoms with E-state index >= 15 is 0 Å². The third-order valence-electron chi connectivity index (χ3n) is 9.54. The highest BCUT2D eigenvalue weighted by atomic mass is 16.6. The summed E-state index contributed by atoms with van der Waals surface area (Å²) in [7, 11) is 0. The highest BCUT2D eigenvalue weighted by molar-refractivity contribution is 5.70. The molecular weight excluding hydrogens is 669 g/mol. The van der Waals surface area contributed by atoms with Crippen LogP contribution in [-0.4, -0.2) is 37.9 Å². The zero-order valence-corrected chi connectivity index (χ0v) is 35.7. The molecule has 0 spiro atoms. The lowest BCUT2D eigenvalue weighted by atomic mass is 10.1. The highest BCUT2D eigenvalue weighted by Crippen LogP contribution is 2.12. The van der Waals surface area contributed by atoms with Crippen molar-refractivity contribution in [1.82, 2.24) is 0 Å². The van der Waals surface area contributed by atoms with Crippen LogP contribution < -0.4 is 0 Å². The van der Waals surface area contributed by atoms with Gasteiger partial charge in [-0.15, -0.1) is 0 Å². The van der Waals surface area contributed by atoms with Crippen molar-refractivity contribution < 1.29 is 23.8 Å². The van der Waals surface area contributed by atoms with Crippen molar-refractivity contribution in [2.24, 2.45) is 0 Å². The van der Waals surface area contributed by atoms with Crippen LogP contribution in [0.15, 0.2) is 60.8 Å². The van der Waals surface area contributed by atoms with Crippen LogP contribution in [0, 0.1) is 0 Å². The van der Waals surface area contributed by atoms with Gasteiger partial charge in [0.2, 0.25) is 0 Å². The van der Waals surface area contributed by atoms with Crippen LogP contribution in [0.3, 0.4) is 0 Å². The van der Waals surface area contributed by atoms with Crippen molar-refractivity contribution in [2.45, 2.75) is 219 Å². The standard InChI is InChI=1S/C49H86O5/c1-4-7-10-13-16-18-20-22-24-26-28-30-32-35-38-41-44-52-45-47(54-49(51)43-40-37-33-15-12-9-6-3)46-53-48(50)42-39-36-34-31-29-27-25-23-21-19-17-14-11-8-5-2/h8,11,17,19,22-25,29,31,47H,4-7,9-10,12-16,18,20-21,26-28,30,32-46H2,1-3H3/b11-8-,19-17-,24-22-,25-23-,31-29-. The summed E-state index contributed by atoms with van der Waals surface area (Å²) in [5.41, 5.74) is 0. The van der Waals surface area contributed by atoms with Crippen LogP contribution in [0.1, 0.15) is 213 Å². The highest BCUT2D eigenvalue weighted by Gasteiger charge is 2.17. The topological polar surface area (TPSA) is 61.8 Å². The predicted molar refractivity (Wildman–Crippen MR) is 233 cm³/mol. The maximum Gasteiger partial charge on any atom is 0.306 e. The zero-order chi connectivity index (χ0) is 39.3. The summed E-state index contributed by atoms with van der Waals surface area (Å²) >= 11 is 0. The minimum absolute atomic E-state index is 0.0614. The summed E-state index contributed by atoms with van der Waals surface area (Å²) in [6, 6.07) is 0. The van der Waals surface area contributed by atoms with Crippen molar-refractivity contribution in [3.05, 3.63) is 60.8 Å². The molecule has 0 bridgehead atoms. The monoisotopic (exact) mass is 755 g/mol. The minimum Gasteiger partial charge on any atom is -0.462 e. The van der Waals surface area contributed by atoms with E-state index in [1.165, 1.54) is 103 Å². The second-order valence-corrected chi connectivity index (χ2v) is 14.9. The molecule has 0 aromatic rings. The Morgan fingerprint density at radius 3 is 1.39 bits per heavy atom. The van der Waals surface area contributed by atoms with E-state index in [1.54, 1.807) is 0 Å². The third kappa shape index (κ3) is 42.3. The van der Waals surface area contributed by atoms with Crippen LogP contribution >= 0.6 is 0 Å². The van der Waals surface area contributed by atoms with Crippen molar-refractivity contribution in [1.29, 1.82) is 0 Å². The smallest absolute Gasteiger partial charge is 0.306 e. The molecule has 0 aliphatic carbocycles. The van der Waals surface area contributed by atoms with E-state index in [-0.39, 0.29) is 25.2 Å². The number of carbonyl (C=O) groups excluding carboxylic acids is 2. The molecule has 0 fully saturated rings. The van der Waals surface area contributed by atoms with Gasteiger partial charge >= 0.3 is 11.9 Å². The Kier molecular flexibility index (Phi) is 43.0. The molecule has 0 radical (unpaired) electrons. The lowest BCUT2D eigenvalue weighted by Crippen LogP contribution is -2.30. The van der Waals surface area contributed by atoms with Crippen LogP contribution in [0.2, 0.25) is 0 Å². The fourth-order valence-corrected chi connectivity index (χ4v) is 6.14. The fourth-order valence-electron chi connectivity index (χ4n) is 6.14. The largest absolute Gasteiger partial charge is 0.462 e. The molecular formula is C49H86O5. The van der Waals surface area contributed by atoms with Crippen LogP contribution in [0.25, 0.3) is 0 Å². The summed E-state index contributed by atoms with van der Waals surface area (Å²) in [4.78, 5) is 25.1. The molecule has 0 aromatic carbocycles. The van der Waals surface area contributed by atoms with Crippen molar-refractivity contribution >= 4 is 11.9 Å². The number of ether oxygens (including phenoxy) is 3. The van der Waals surface area contributed by atoms with Gasteiger partial charge < -0.3 is 14.2 Å². The Morgan fingerprint density at radius 1 is 0.426 bits per heavy atom. The molecule has 5 nitrogen and oxygen atoms in total. The summed E-state index contributed by atoms with van der Waals surface area (Å²) < 4.78 is 17.2.